The van der Waals surface area contributed by atoms with Gasteiger partial charge in [0, 0.05) is 24.7 Å². The quantitative estimate of drug-likeness (QED) is 0.922. The molecule has 2 rings (SSSR count). The van der Waals surface area contributed by atoms with E-state index in [9.17, 15) is 4.79 Å². The second-order valence-corrected chi connectivity index (χ2v) is 6.03. The summed E-state index contributed by atoms with van der Waals surface area (Å²) in [6.07, 6.45) is 2.69. The van der Waals surface area contributed by atoms with Crippen molar-refractivity contribution in [3.63, 3.8) is 0 Å². The highest BCUT2D eigenvalue weighted by Crippen LogP contribution is 2.23. The molecule has 1 N–H and O–H groups in total. The van der Waals surface area contributed by atoms with E-state index in [1.165, 1.54) is 0 Å². The zero-order valence-corrected chi connectivity index (χ0v) is 12.3. The van der Waals surface area contributed by atoms with Gasteiger partial charge in [-0.2, -0.15) is 0 Å². The Bertz CT molecular complexity index is 389. The molecular formula is C13H21N3O2S. The van der Waals surface area contributed by atoms with Crippen molar-refractivity contribution < 1.29 is 9.53 Å². The molecule has 106 valence electrons. The highest BCUT2D eigenvalue weighted by Gasteiger charge is 2.23. The summed E-state index contributed by atoms with van der Waals surface area (Å²) in [5.41, 5.74) is 0. The van der Waals surface area contributed by atoms with E-state index in [-0.39, 0.29) is 12.1 Å². The molecule has 0 aliphatic carbocycles. The van der Waals surface area contributed by atoms with E-state index in [2.05, 4.69) is 24.1 Å². The highest BCUT2D eigenvalue weighted by molar-refractivity contribution is 7.09. The van der Waals surface area contributed by atoms with Crippen LogP contribution in [0.25, 0.3) is 0 Å². The molecule has 0 aromatic carbocycles. The van der Waals surface area contributed by atoms with Crippen LogP contribution in [0.15, 0.2) is 11.6 Å². The van der Waals surface area contributed by atoms with Gasteiger partial charge in [-0.05, 0) is 12.3 Å². The van der Waals surface area contributed by atoms with Crippen LogP contribution >= 0.6 is 11.3 Å². The number of nitrogens with one attached hydrogen (secondary N) is 1. The molecule has 0 saturated carbocycles. The van der Waals surface area contributed by atoms with Crippen LogP contribution < -0.4 is 5.32 Å². The van der Waals surface area contributed by atoms with E-state index in [0.29, 0.717) is 32.2 Å². The predicted octanol–water partition coefficient (Wildman–Crippen LogP) is 2.27. The van der Waals surface area contributed by atoms with Gasteiger partial charge < -0.3 is 15.0 Å². The van der Waals surface area contributed by atoms with Crippen LogP contribution in [-0.2, 0) is 4.74 Å². The minimum Gasteiger partial charge on any atom is -0.378 e. The highest BCUT2D eigenvalue weighted by atomic mass is 32.1. The summed E-state index contributed by atoms with van der Waals surface area (Å²) in [4.78, 5) is 18.4. The van der Waals surface area contributed by atoms with Gasteiger partial charge in [-0.1, -0.05) is 13.8 Å². The zero-order valence-electron chi connectivity index (χ0n) is 11.5. The van der Waals surface area contributed by atoms with Gasteiger partial charge in [0.1, 0.15) is 5.01 Å². The number of thiazole rings is 1. The van der Waals surface area contributed by atoms with Crippen molar-refractivity contribution in [3.05, 3.63) is 16.6 Å². The monoisotopic (exact) mass is 283 g/mol. The van der Waals surface area contributed by atoms with Gasteiger partial charge in [0.15, 0.2) is 0 Å². The minimum atomic E-state index is -0.0100. The van der Waals surface area contributed by atoms with Gasteiger partial charge in [0.2, 0.25) is 0 Å². The summed E-state index contributed by atoms with van der Waals surface area (Å²) in [6.45, 7) is 6.89. The topological polar surface area (TPSA) is 54.5 Å². The number of aromatic nitrogens is 1. The van der Waals surface area contributed by atoms with E-state index < -0.39 is 0 Å². The average molecular weight is 283 g/mol. The molecule has 1 saturated heterocycles. The molecule has 5 nitrogen and oxygen atoms in total. The second-order valence-electron chi connectivity index (χ2n) is 5.10. The molecule has 1 atom stereocenters. The lowest BCUT2D eigenvalue weighted by molar-refractivity contribution is 0.0523. The molecule has 1 unspecified atom stereocenters. The first-order chi connectivity index (χ1) is 9.16. The van der Waals surface area contributed by atoms with Gasteiger partial charge in [-0.15, -0.1) is 11.3 Å². The number of carbonyl (C=O) groups excluding carboxylic acids is 1. The van der Waals surface area contributed by atoms with Crippen LogP contribution in [0.2, 0.25) is 0 Å². The zero-order chi connectivity index (χ0) is 13.7. The van der Waals surface area contributed by atoms with Gasteiger partial charge in [-0.25, -0.2) is 9.78 Å². The van der Waals surface area contributed by atoms with Crippen LogP contribution in [0.5, 0.6) is 0 Å². The van der Waals surface area contributed by atoms with Crippen molar-refractivity contribution in [3.8, 4) is 0 Å². The van der Waals surface area contributed by atoms with E-state index >= 15 is 0 Å². The fraction of sp³-hybridized carbons (Fsp3) is 0.692. The minimum absolute atomic E-state index is 0.00958. The Morgan fingerprint density at radius 2 is 2.26 bits per heavy atom. The summed E-state index contributed by atoms with van der Waals surface area (Å²) in [6, 6.07) is -0.000468. The number of urea groups is 1. The number of rotatable bonds is 4. The number of hydrogen-bond acceptors (Lipinski definition) is 4. The number of hydrogen-bond donors (Lipinski definition) is 1. The normalized spacial score (nSPS) is 17.5. The standard InChI is InChI=1S/C13H21N3O2S/c1-10(2)9-11(12-14-3-8-19-12)15-13(17)16-4-6-18-7-5-16/h3,8,10-11H,4-7,9H2,1-2H3,(H,15,17). The van der Waals surface area contributed by atoms with Gasteiger partial charge in [-0.3, -0.25) is 0 Å². The average Bonchev–Trinajstić information content (AvgIpc) is 2.92. The van der Waals surface area contributed by atoms with Crippen molar-refractivity contribution in [2.24, 2.45) is 5.92 Å². The summed E-state index contributed by atoms with van der Waals surface area (Å²) in [5, 5.41) is 6.03. The molecule has 19 heavy (non-hydrogen) atoms. The molecular weight excluding hydrogens is 262 g/mol. The molecule has 2 heterocycles. The first-order valence-corrected chi connectivity index (χ1v) is 7.57. The molecule has 1 aliphatic heterocycles. The van der Waals surface area contributed by atoms with Crippen molar-refractivity contribution in [1.82, 2.24) is 15.2 Å². The summed E-state index contributed by atoms with van der Waals surface area (Å²) in [5.74, 6) is 0.513. The molecule has 6 heteroatoms. The molecule has 0 bridgehead atoms. The molecule has 1 aromatic heterocycles. The Balaban J connectivity index is 1.97. The predicted molar refractivity (Wildman–Crippen MR) is 75.2 cm³/mol. The third-order valence-corrected chi connectivity index (χ3v) is 3.94. The Hall–Kier alpha value is -1.14. The van der Waals surface area contributed by atoms with E-state index in [4.69, 9.17) is 4.74 Å². The Morgan fingerprint density at radius 3 is 2.84 bits per heavy atom. The fourth-order valence-electron chi connectivity index (χ4n) is 2.11. The largest absolute Gasteiger partial charge is 0.378 e. The molecule has 1 aromatic rings. The molecule has 0 spiro atoms. The van der Waals surface area contributed by atoms with Gasteiger partial charge >= 0.3 is 6.03 Å². The lowest BCUT2D eigenvalue weighted by Crippen LogP contribution is -2.47. The molecule has 1 aliphatic rings. The number of nitrogens with zero attached hydrogens (tertiary/aromatic N) is 2. The summed E-state index contributed by atoms with van der Waals surface area (Å²) in [7, 11) is 0. The van der Waals surface area contributed by atoms with Crippen molar-refractivity contribution in [2.75, 3.05) is 26.3 Å². The summed E-state index contributed by atoms with van der Waals surface area (Å²) < 4.78 is 5.26. The maximum Gasteiger partial charge on any atom is 0.318 e. The molecule has 1 fully saturated rings. The summed E-state index contributed by atoms with van der Waals surface area (Å²) >= 11 is 1.59. The van der Waals surface area contributed by atoms with E-state index in [1.54, 1.807) is 17.5 Å². The van der Waals surface area contributed by atoms with Crippen LogP contribution in [0.3, 0.4) is 0 Å². The number of morpholine rings is 1. The number of carbonyl (C=O) groups is 1. The first-order valence-electron chi connectivity index (χ1n) is 6.69. The van der Waals surface area contributed by atoms with Crippen molar-refractivity contribution >= 4 is 17.4 Å². The van der Waals surface area contributed by atoms with Crippen molar-refractivity contribution in [1.29, 1.82) is 0 Å². The van der Waals surface area contributed by atoms with Crippen LogP contribution in [0.1, 0.15) is 31.3 Å². The van der Waals surface area contributed by atoms with Crippen LogP contribution in [0, 0.1) is 5.92 Å². The lowest BCUT2D eigenvalue weighted by Gasteiger charge is -2.29. The van der Waals surface area contributed by atoms with Crippen LogP contribution in [0.4, 0.5) is 4.79 Å². The third-order valence-electron chi connectivity index (χ3n) is 3.05. The number of amides is 2. The molecule has 0 radical (unpaired) electrons. The second kappa shape index (κ2) is 6.86. The van der Waals surface area contributed by atoms with E-state index in [1.807, 2.05) is 10.3 Å². The molecule has 2 amide bonds. The number of ether oxygens (including phenoxy) is 1. The third kappa shape index (κ3) is 4.18. The SMILES string of the molecule is CC(C)CC(NC(=O)N1CCOCC1)c1nccs1. The smallest absolute Gasteiger partial charge is 0.318 e. The van der Waals surface area contributed by atoms with Gasteiger partial charge in [0.05, 0.1) is 19.3 Å². The van der Waals surface area contributed by atoms with Crippen LogP contribution in [-0.4, -0.2) is 42.2 Å². The first kappa shape index (κ1) is 14.3. The Kier molecular flexibility index (Phi) is 5.15. The Morgan fingerprint density at radius 1 is 1.53 bits per heavy atom. The Labute approximate surface area is 118 Å². The van der Waals surface area contributed by atoms with E-state index in [0.717, 1.165) is 11.4 Å². The maximum absolute atomic E-state index is 12.2. The van der Waals surface area contributed by atoms with Gasteiger partial charge in [0.25, 0.3) is 0 Å². The fourth-order valence-corrected chi connectivity index (χ4v) is 2.81. The maximum atomic E-state index is 12.2. The lowest BCUT2D eigenvalue weighted by atomic mass is 10.0. The van der Waals surface area contributed by atoms with Crippen molar-refractivity contribution in [2.45, 2.75) is 26.3 Å².